The van der Waals surface area contributed by atoms with Gasteiger partial charge in [-0.2, -0.15) is 0 Å². The Hall–Kier alpha value is 0.123. The fourth-order valence-electron chi connectivity index (χ4n) is 1.43. The van der Waals surface area contributed by atoms with E-state index in [0.29, 0.717) is 0 Å². The van der Waals surface area contributed by atoms with Gasteiger partial charge in [0.1, 0.15) is 0 Å². The van der Waals surface area contributed by atoms with Crippen LogP contribution in [0.3, 0.4) is 0 Å². The molecule has 0 fully saturated rings. The summed E-state index contributed by atoms with van der Waals surface area (Å²) in [4.78, 5) is 45.3. The first-order valence-corrected chi connectivity index (χ1v) is 12.8. The third-order valence-electron chi connectivity index (χ3n) is 2.50. The zero-order valence-electron chi connectivity index (χ0n) is 15.3. The van der Waals surface area contributed by atoms with Crippen molar-refractivity contribution in [2.45, 2.75) is 26.7 Å². The van der Waals surface area contributed by atoms with Crippen LogP contribution in [0.4, 0.5) is 0 Å². The van der Waals surface area contributed by atoms with E-state index in [0.717, 1.165) is 12.8 Å². The van der Waals surface area contributed by atoms with Gasteiger partial charge in [-0.1, -0.05) is 74.5 Å². The van der Waals surface area contributed by atoms with E-state index in [9.17, 15) is 0 Å². The molecule has 11 heteroatoms. The molecule has 0 heterocycles. The van der Waals surface area contributed by atoms with E-state index < -0.39 is 13.4 Å². The number of aryl methyl sites for hydroxylation is 2. The molecule has 0 saturated carbocycles. The zero-order valence-corrected chi connectivity index (χ0v) is 21.7. The van der Waals surface area contributed by atoms with E-state index in [2.05, 4.69) is 86.0 Å². The summed E-state index contributed by atoms with van der Waals surface area (Å²) in [6.45, 7) is -3.29. The third-order valence-corrected chi connectivity index (χ3v) is 2.50. The van der Waals surface area contributed by atoms with Gasteiger partial charge in [0.2, 0.25) is 0 Å². The Morgan fingerprint density at radius 1 is 0.593 bits per heavy atom. The van der Waals surface area contributed by atoms with Gasteiger partial charge in [0.15, 0.2) is 0 Å². The maximum atomic E-state index is 7.56. The Morgan fingerprint density at radius 2 is 0.778 bits per heavy atom. The fraction of sp³-hybridized carbons (Fsp3) is 0.250. The molecular weight excluding hydrogens is 480 g/mol. The van der Waals surface area contributed by atoms with Gasteiger partial charge >= 0.3 is 13.4 Å². The van der Waals surface area contributed by atoms with Crippen LogP contribution < -0.4 is 0 Å². The number of hydrogen-bond donors (Lipinski definition) is 6. The maximum Gasteiger partial charge on any atom is 0.319 e. The first-order valence-electron chi connectivity index (χ1n) is 7.51. The average Bonchev–Trinajstić information content (AvgIpc) is 2.54. The Bertz CT molecular complexity index is 589. The van der Waals surface area contributed by atoms with Gasteiger partial charge < -0.3 is 29.4 Å². The van der Waals surface area contributed by atoms with Gasteiger partial charge in [-0.15, -0.1) is 0 Å². The number of benzene rings is 2. The molecule has 0 saturated heterocycles. The van der Waals surface area contributed by atoms with Crippen LogP contribution in [-0.2, 0) is 55.9 Å². The summed E-state index contributed by atoms with van der Waals surface area (Å²) in [5.74, 6) is 0. The smallest absolute Gasteiger partial charge is 0.319 e. The van der Waals surface area contributed by atoms with E-state index >= 15 is 0 Å². The van der Waals surface area contributed by atoms with E-state index in [1.807, 2.05) is 12.1 Å². The summed E-state index contributed by atoms with van der Waals surface area (Å²) < 4.78 is 0. The van der Waals surface area contributed by atoms with Gasteiger partial charge in [-0.05, 0) is 47.6 Å². The van der Waals surface area contributed by atoms with Gasteiger partial charge in [0, 0.05) is 19.5 Å². The summed E-state index contributed by atoms with van der Waals surface area (Å²) in [6, 6.07) is 20.9. The van der Waals surface area contributed by atoms with Crippen molar-refractivity contribution in [3.63, 3.8) is 0 Å². The fourth-order valence-corrected chi connectivity index (χ4v) is 1.43. The maximum absolute atomic E-state index is 7.56. The quantitative estimate of drug-likeness (QED) is 0.272. The minimum atomic E-state index is -3.81. The molecule has 0 atom stereocenters. The predicted octanol–water partition coefficient (Wildman–Crippen LogP) is 2.87. The summed E-state index contributed by atoms with van der Waals surface area (Å²) in [5.41, 5.74) is 2.82. The molecule has 2 aromatic rings. The Balaban J connectivity index is -0.000000289. The van der Waals surface area contributed by atoms with Crippen molar-refractivity contribution < 1.29 is 48.8 Å². The van der Waals surface area contributed by atoms with Gasteiger partial charge in [0.25, 0.3) is 0 Å². The molecule has 0 aliphatic heterocycles. The molecule has 6 nitrogen and oxygen atoms in total. The van der Waals surface area contributed by atoms with Crippen LogP contribution in [0, 0.1) is 0 Å². The molecule has 0 spiro atoms. The minimum absolute atomic E-state index is 0. The van der Waals surface area contributed by atoms with Crippen LogP contribution in [0.1, 0.15) is 25.0 Å². The molecule has 6 N–H and O–H groups in total. The topological polar surface area (TPSA) is 121 Å². The SMILES string of the molecule is CCc1ccccc1.CCc1ccccc1.OP(O)(O)=S.OP(O)(O)=S.[Zn]. The monoisotopic (exact) mass is 504 g/mol. The van der Waals surface area contributed by atoms with Crippen molar-refractivity contribution in [3.05, 3.63) is 71.8 Å². The molecule has 27 heavy (non-hydrogen) atoms. The predicted molar refractivity (Wildman–Crippen MR) is 114 cm³/mol. The normalized spacial score (nSPS) is 9.78. The van der Waals surface area contributed by atoms with Crippen LogP contribution >= 0.6 is 13.4 Å². The molecule has 2 rings (SSSR count). The molecule has 0 aromatic heterocycles. The van der Waals surface area contributed by atoms with Gasteiger partial charge in [0.05, 0.1) is 0 Å². The summed E-state index contributed by atoms with van der Waals surface area (Å²) >= 11 is 7.21. The molecule has 150 valence electrons. The van der Waals surface area contributed by atoms with Crippen LogP contribution in [0.2, 0.25) is 0 Å². The first kappa shape index (κ1) is 31.8. The van der Waals surface area contributed by atoms with E-state index in [4.69, 9.17) is 29.4 Å². The van der Waals surface area contributed by atoms with Crippen molar-refractivity contribution in [1.29, 1.82) is 0 Å². The van der Waals surface area contributed by atoms with E-state index in [1.54, 1.807) is 0 Å². The van der Waals surface area contributed by atoms with Crippen molar-refractivity contribution in [2.75, 3.05) is 0 Å². The van der Waals surface area contributed by atoms with Crippen molar-refractivity contribution in [2.24, 2.45) is 0 Å². The van der Waals surface area contributed by atoms with Gasteiger partial charge in [-0.3, -0.25) is 0 Å². The average molecular weight is 506 g/mol. The Morgan fingerprint density at radius 3 is 0.889 bits per heavy atom. The second-order valence-corrected chi connectivity index (χ2v) is 9.70. The molecule has 0 aliphatic rings. The summed E-state index contributed by atoms with van der Waals surface area (Å²) in [5, 5.41) is 0. The van der Waals surface area contributed by atoms with Crippen molar-refractivity contribution in [3.8, 4) is 0 Å². The van der Waals surface area contributed by atoms with E-state index in [1.165, 1.54) is 11.1 Å². The first-order chi connectivity index (χ1) is 11.9. The molecule has 0 aliphatic carbocycles. The third kappa shape index (κ3) is 37.5. The molecule has 0 unspecified atom stereocenters. The zero-order chi connectivity index (χ0) is 20.6. The van der Waals surface area contributed by atoms with E-state index in [-0.39, 0.29) is 19.5 Å². The molecule has 0 radical (unpaired) electrons. The number of rotatable bonds is 2. The Labute approximate surface area is 183 Å². The Kier molecular flexibility index (Phi) is 21.4. The largest absolute Gasteiger partial charge is 0.325 e. The second-order valence-electron chi connectivity index (χ2n) is 4.70. The minimum Gasteiger partial charge on any atom is -0.325 e. The van der Waals surface area contributed by atoms with Crippen LogP contribution in [-0.4, -0.2) is 29.4 Å². The summed E-state index contributed by atoms with van der Waals surface area (Å²) in [6.07, 6.45) is 2.28. The van der Waals surface area contributed by atoms with Crippen LogP contribution in [0.15, 0.2) is 60.7 Å². The van der Waals surface area contributed by atoms with Crippen LogP contribution in [0.5, 0.6) is 0 Å². The van der Waals surface area contributed by atoms with Crippen LogP contribution in [0.25, 0.3) is 0 Å². The van der Waals surface area contributed by atoms with Crippen molar-refractivity contribution >= 4 is 37.1 Å². The van der Waals surface area contributed by atoms with Crippen molar-refractivity contribution in [1.82, 2.24) is 0 Å². The summed E-state index contributed by atoms with van der Waals surface area (Å²) in [7, 11) is 0. The standard InChI is InChI=1S/2C8H10.2H3O3PS.Zn/c2*1-2-8-6-4-3-5-7-8;2*1-4(2,3)5;/h2*3-7H,2H2,1H3;2*(H3,1,2,3,5);. The molecule has 2 aromatic carbocycles. The molecule has 0 amide bonds. The number of hydrogen-bond acceptors (Lipinski definition) is 2. The second kappa shape index (κ2) is 18.2. The molecule has 0 bridgehead atoms. The molecular formula is C16H26O6P2S2Zn. The van der Waals surface area contributed by atoms with Gasteiger partial charge in [-0.25, -0.2) is 0 Å².